The summed E-state index contributed by atoms with van der Waals surface area (Å²) in [5.74, 6) is 0. The molecule has 0 fully saturated rings. The zero-order chi connectivity index (χ0) is 9.80. The van der Waals surface area contributed by atoms with Crippen LogP contribution in [0.15, 0.2) is 48.7 Å². The quantitative estimate of drug-likeness (QED) is 0.768. The third kappa shape index (κ3) is 2.99. The maximum atomic E-state index is 12.4. The Balaban J connectivity index is 0.00000112. The number of hydrogen-bond donors (Lipinski definition) is 0. The standard InChI is InChI=1S/C12H10FN.HI/c13-9-12-8-11(6-7-14-12)10-4-2-1-3-5-10;/h1-8H,9H2;1H. The van der Waals surface area contributed by atoms with Gasteiger partial charge < -0.3 is 0 Å². The van der Waals surface area contributed by atoms with Crippen LogP contribution in [-0.2, 0) is 6.67 Å². The summed E-state index contributed by atoms with van der Waals surface area (Å²) in [6.45, 7) is -0.513. The van der Waals surface area contributed by atoms with E-state index in [4.69, 9.17) is 0 Å². The van der Waals surface area contributed by atoms with Crippen molar-refractivity contribution in [2.24, 2.45) is 0 Å². The SMILES string of the molecule is FCc1cc(-c2ccccc2)ccn1.I. The maximum absolute atomic E-state index is 12.4. The van der Waals surface area contributed by atoms with Gasteiger partial charge in [-0.3, -0.25) is 4.98 Å². The van der Waals surface area contributed by atoms with Crippen LogP contribution in [0.25, 0.3) is 11.1 Å². The van der Waals surface area contributed by atoms with Gasteiger partial charge in [0.25, 0.3) is 0 Å². The molecule has 0 unspecified atom stereocenters. The molecule has 15 heavy (non-hydrogen) atoms. The van der Waals surface area contributed by atoms with Crippen LogP contribution < -0.4 is 0 Å². The molecular formula is C12H11FIN. The van der Waals surface area contributed by atoms with Gasteiger partial charge in [-0.2, -0.15) is 0 Å². The van der Waals surface area contributed by atoms with Gasteiger partial charge in [0.05, 0.1) is 5.69 Å². The van der Waals surface area contributed by atoms with Crippen LogP contribution >= 0.6 is 24.0 Å². The smallest absolute Gasteiger partial charge is 0.131 e. The molecule has 0 aliphatic carbocycles. The number of alkyl halides is 1. The number of benzene rings is 1. The molecule has 0 bridgehead atoms. The lowest BCUT2D eigenvalue weighted by molar-refractivity contribution is 0.476. The Morgan fingerprint density at radius 2 is 1.73 bits per heavy atom. The second-order valence-corrected chi connectivity index (χ2v) is 3.04. The molecule has 0 N–H and O–H groups in total. The molecule has 0 atom stereocenters. The van der Waals surface area contributed by atoms with Crippen molar-refractivity contribution in [2.45, 2.75) is 6.67 Å². The fourth-order valence-electron chi connectivity index (χ4n) is 1.36. The Morgan fingerprint density at radius 3 is 2.40 bits per heavy atom. The lowest BCUT2D eigenvalue weighted by Gasteiger charge is -2.01. The first-order chi connectivity index (χ1) is 6.90. The maximum Gasteiger partial charge on any atom is 0.131 e. The average molecular weight is 315 g/mol. The summed E-state index contributed by atoms with van der Waals surface area (Å²) in [6, 6.07) is 13.5. The summed E-state index contributed by atoms with van der Waals surface area (Å²) in [7, 11) is 0. The number of pyridine rings is 1. The largest absolute Gasteiger partial charge is 0.258 e. The van der Waals surface area contributed by atoms with Gasteiger partial charge in [0.2, 0.25) is 0 Å². The number of hydrogen-bond acceptors (Lipinski definition) is 1. The number of halogens is 2. The normalized spacial score (nSPS) is 9.40. The summed E-state index contributed by atoms with van der Waals surface area (Å²) in [6.07, 6.45) is 1.64. The highest BCUT2D eigenvalue weighted by Crippen LogP contribution is 2.18. The van der Waals surface area contributed by atoms with E-state index in [0.29, 0.717) is 5.69 Å². The molecule has 0 amide bonds. The van der Waals surface area contributed by atoms with Crippen LogP contribution in [0, 0.1) is 0 Å². The van der Waals surface area contributed by atoms with Gasteiger partial charge in [-0.05, 0) is 23.3 Å². The first-order valence-electron chi connectivity index (χ1n) is 4.46. The van der Waals surface area contributed by atoms with Crippen LogP contribution in [0.3, 0.4) is 0 Å². The Hall–Kier alpha value is -0.970. The minimum absolute atomic E-state index is 0. The Morgan fingerprint density at radius 1 is 1.00 bits per heavy atom. The van der Waals surface area contributed by atoms with Gasteiger partial charge in [-0.1, -0.05) is 30.3 Å². The summed E-state index contributed by atoms with van der Waals surface area (Å²) in [4.78, 5) is 3.91. The van der Waals surface area contributed by atoms with Crippen molar-refractivity contribution in [3.8, 4) is 11.1 Å². The van der Waals surface area contributed by atoms with E-state index in [1.165, 1.54) is 0 Å². The molecule has 0 spiro atoms. The lowest BCUT2D eigenvalue weighted by Crippen LogP contribution is -1.86. The van der Waals surface area contributed by atoms with Crippen molar-refractivity contribution in [1.29, 1.82) is 0 Å². The highest BCUT2D eigenvalue weighted by atomic mass is 127. The third-order valence-electron chi connectivity index (χ3n) is 2.06. The van der Waals surface area contributed by atoms with Gasteiger partial charge >= 0.3 is 0 Å². The van der Waals surface area contributed by atoms with E-state index in [1.54, 1.807) is 12.3 Å². The second kappa shape index (κ2) is 5.80. The van der Waals surface area contributed by atoms with E-state index in [0.717, 1.165) is 11.1 Å². The van der Waals surface area contributed by atoms with Gasteiger partial charge in [0, 0.05) is 6.20 Å². The third-order valence-corrected chi connectivity index (χ3v) is 2.06. The van der Waals surface area contributed by atoms with Crippen LogP contribution in [0.5, 0.6) is 0 Å². The molecule has 3 heteroatoms. The minimum Gasteiger partial charge on any atom is -0.258 e. The summed E-state index contributed by atoms with van der Waals surface area (Å²) < 4.78 is 12.4. The van der Waals surface area contributed by atoms with Gasteiger partial charge in [-0.15, -0.1) is 24.0 Å². The first-order valence-corrected chi connectivity index (χ1v) is 4.46. The monoisotopic (exact) mass is 315 g/mol. The fourth-order valence-corrected chi connectivity index (χ4v) is 1.36. The van der Waals surface area contributed by atoms with E-state index in [1.807, 2.05) is 36.4 Å². The molecule has 0 radical (unpaired) electrons. The molecular weight excluding hydrogens is 304 g/mol. The Labute approximate surface area is 105 Å². The van der Waals surface area contributed by atoms with Crippen molar-refractivity contribution in [3.05, 3.63) is 54.4 Å². The van der Waals surface area contributed by atoms with Crippen molar-refractivity contribution in [1.82, 2.24) is 4.98 Å². The highest BCUT2D eigenvalue weighted by Gasteiger charge is 1.98. The Bertz CT molecular complexity index is 417. The van der Waals surface area contributed by atoms with E-state index in [-0.39, 0.29) is 24.0 Å². The van der Waals surface area contributed by atoms with Crippen LogP contribution in [0.4, 0.5) is 4.39 Å². The van der Waals surface area contributed by atoms with Crippen LogP contribution in [-0.4, -0.2) is 4.98 Å². The number of rotatable bonds is 2. The van der Waals surface area contributed by atoms with Gasteiger partial charge in [0.15, 0.2) is 0 Å². The molecule has 2 aromatic rings. The number of aromatic nitrogens is 1. The Kier molecular flexibility index (Phi) is 4.68. The van der Waals surface area contributed by atoms with E-state index >= 15 is 0 Å². The molecule has 1 heterocycles. The molecule has 1 aromatic carbocycles. The van der Waals surface area contributed by atoms with E-state index in [9.17, 15) is 4.39 Å². The predicted molar refractivity (Wildman–Crippen MR) is 69.9 cm³/mol. The van der Waals surface area contributed by atoms with Crippen LogP contribution in [0.2, 0.25) is 0 Å². The molecule has 0 aliphatic rings. The highest BCUT2D eigenvalue weighted by molar-refractivity contribution is 14.0. The summed E-state index contributed by atoms with van der Waals surface area (Å²) in [5.41, 5.74) is 2.57. The lowest BCUT2D eigenvalue weighted by atomic mass is 10.1. The summed E-state index contributed by atoms with van der Waals surface area (Å²) in [5, 5.41) is 0. The minimum atomic E-state index is -0.513. The van der Waals surface area contributed by atoms with Crippen molar-refractivity contribution < 1.29 is 4.39 Å². The fraction of sp³-hybridized carbons (Fsp3) is 0.0833. The molecule has 78 valence electrons. The molecule has 0 saturated carbocycles. The van der Waals surface area contributed by atoms with E-state index < -0.39 is 6.67 Å². The zero-order valence-electron chi connectivity index (χ0n) is 8.06. The van der Waals surface area contributed by atoms with Gasteiger partial charge in [0.1, 0.15) is 6.67 Å². The predicted octanol–water partition coefficient (Wildman–Crippen LogP) is 3.84. The molecule has 0 aliphatic heterocycles. The van der Waals surface area contributed by atoms with Crippen LogP contribution in [0.1, 0.15) is 5.69 Å². The van der Waals surface area contributed by atoms with Crippen molar-refractivity contribution in [2.75, 3.05) is 0 Å². The molecule has 2 rings (SSSR count). The topological polar surface area (TPSA) is 12.9 Å². The second-order valence-electron chi connectivity index (χ2n) is 3.04. The first kappa shape index (κ1) is 12.1. The van der Waals surface area contributed by atoms with Crippen molar-refractivity contribution in [3.63, 3.8) is 0 Å². The number of nitrogens with zero attached hydrogens (tertiary/aromatic N) is 1. The zero-order valence-corrected chi connectivity index (χ0v) is 10.4. The van der Waals surface area contributed by atoms with Crippen molar-refractivity contribution >= 4 is 24.0 Å². The molecule has 0 saturated heterocycles. The molecule has 1 nitrogen and oxygen atoms in total. The molecule has 1 aromatic heterocycles. The summed E-state index contributed by atoms with van der Waals surface area (Å²) >= 11 is 0. The average Bonchev–Trinajstić information content (AvgIpc) is 2.30. The van der Waals surface area contributed by atoms with E-state index in [2.05, 4.69) is 4.98 Å². The van der Waals surface area contributed by atoms with Gasteiger partial charge in [-0.25, -0.2) is 4.39 Å².